The van der Waals surface area contributed by atoms with Crippen molar-refractivity contribution >= 4 is 5.69 Å². The van der Waals surface area contributed by atoms with E-state index in [-0.39, 0.29) is 6.10 Å². The molecule has 1 aromatic rings. The lowest BCUT2D eigenvalue weighted by molar-refractivity contribution is 0.0171. The minimum Gasteiger partial charge on any atom is -0.390 e. The number of nitrogens with zero attached hydrogens (tertiary/aromatic N) is 1. The first kappa shape index (κ1) is 15.3. The van der Waals surface area contributed by atoms with Crippen LogP contribution in [0.1, 0.15) is 25.3 Å². The zero-order valence-electron chi connectivity index (χ0n) is 12.5. The third-order valence-electron chi connectivity index (χ3n) is 3.69. The molecule has 0 aromatic heterocycles. The number of hydrogen-bond donors (Lipinski definition) is 2. The number of β-amino-alcohol motifs (C(OH)–C–C–N with tert-alkyl or cyclic N) is 1. The second kappa shape index (κ2) is 7.62. The van der Waals surface area contributed by atoms with E-state index in [0.717, 1.165) is 32.0 Å². The number of anilines is 1. The number of aliphatic hydroxyl groups is 1. The van der Waals surface area contributed by atoms with Crippen molar-refractivity contribution in [1.82, 2.24) is 4.90 Å². The van der Waals surface area contributed by atoms with Crippen molar-refractivity contribution in [3.8, 4) is 0 Å². The van der Waals surface area contributed by atoms with Gasteiger partial charge in [-0.1, -0.05) is 26.0 Å². The fraction of sp³-hybridized carbons (Fsp3) is 0.625. The Hall–Kier alpha value is -1.10. The van der Waals surface area contributed by atoms with Crippen molar-refractivity contribution in [3.05, 3.63) is 29.8 Å². The lowest BCUT2D eigenvalue weighted by atomic mass is 10.0. The van der Waals surface area contributed by atoms with Crippen molar-refractivity contribution in [3.63, 3.8) is 0 Å². The van der Waals surface area contributed by atoms with E-state index in [9.17, 15) is 5.11 Å². The molecule has 0 saturated carbocycles. The molecule has 1 aliphatic heterocycles. The maximum atomic E-state index is 10.1. The first-order valence-electron chi connectivity index (χ1n) is 7.47. The molecule has 4 nitrogen and oxygen atoms in total. The van der Waals surface area contributed by atoms with Gasteiger partial charge in [0.2, 0.25) is 0 Å². The smallest absolute Gasteiger partial charge is 0.0839 e. The summed E-state index contributed by atoms with van der Waals surface area (Å²) in [6.07, 6.45) is -0.349. The second-order valence-electron chi connectivity index (χ2n) is 5.72. The van der Waals surface area contributed by atoms with Gasteiger partial charge in [-0.05, 0) is 23.6 Å². The Morgan fingerprint density at radius 3 is 2.45 bits per heavy atom. The highest BCUT2D eigenvalue weighted by Gasteiger charge is 2.14. The molecule has 4 heteroatoms. The molecule has 0 amide bonds. The summed E-state index contributed by atoms with van der Waals surface area (Å²) in [5, 5.41) is 13.4. The van der Waals surface area contributed by atoms with Crippen LogP contribution in [0.15, 0.2) is 24.3 Å². The summed E-state index contributed by atoms with van der Waals surface area (Å²) in [5.74, 6) is 0.552. The number of aliphatic hydroxyl groups excluding tert-OH is 1. The van der Waals surface area contributed by atoms with Gasteiger partial charge >= 0.3 is 0 Å². The van der Waals surface area contributed by atoms with E-state index < -0.39 is 0 Å². The number of morpholine rings is 1. The first-order chi connectivity index (χ1) is 9.65. The van der Waals surface area contributed by atoms with Crippen LogP contribution >= 0.6 is 0 Å². The summed E-state index contributed by atoms with van der Waals surface area (Å²) in [4.78, 5) is 2.25. The summed E-state index contributed by atoms with van der Waals surface area (Å²) >= 11 is 0. The van der Waals surface area contributed by atoms with Crippen LogP contribution in [-0.4, -0.2) is 55.5 Å². The molecule has 20 heavy (non-hydrogen) atoms. The van der Waals surface area contributed by atoms with Crippen molar-refractivity contribution in [1.29, 1.82) is 0 Å². The van der Waals surface area contributed by atoms with Gasteiger partial charge < -0.3 is 15.2 Å². The van der Waals surface area contributed by atoms with Gasteiger partial charge in [-0.25, -0.2) is 0 Å². The second-order valence-corrected chi connectivity index (χ2v) is 5.72. The highest BCUT2D eigenvalue weighted by molar-refractivity contribution is 5.45. The fourth-order valence-electron chi connectivity index (χ4n) is 2.37. The number of rotatable bonds is 6. The molecule has 2 N–H and O–H groups in total. The predicted molar refractivity (Wildman–Crippen MR) is 82.3 cm³/mol. The summed E-state index contributed by atoms with van der Waals surface area (Å²) < 4.78 is 5.30. The van der Waals surface area contributed by atoms with E-state index in [4.69, 9.17) is 4.74 Å². The Morgan fingerprint density at radius 2 is 1.85 bits per heavy atom. The van der Waals surface area contributed by atoms with E-state index in [1.165, 1.54) is 5.56 Å². The quantitative estimate of drug-likeness (QED) is 0.834. The topological polar surface area (TPSA) is 44.7 Å². The molecule has 1 aromatic carbocycles. The Labute approximate surface area is 121 Å². The normalized spacial score (nSPS) is 18.2. The minimum atomic E-state index is -0.349. The SMILES string of the molecule is CC(C)c1ccc(NCC(O)CN2CCOCC2)cc1. The lowest BCUT2D eigenvalue weighted by Crippen LogP contribution is -2.42. The van der Waals surface area contributed by atoms with E-state index >= 15 is 0 Å². The maximum absolute atomic E-state index is 10.1. The Bertz CT molecular complexity index is 386. The molecule has 0 spiro atoms. The van der Waals surface area contributed by atoms with Gasteiger partial charge in [-0.2, -0.15) is 0 Å². The van der Waals surface area contributed by atoms with Crippen LogP contribution in [0.5, 0.6) is 0 Å². The zero-order valence-corrected chi connectivity index (χ0v) is 12.5. The highest BCUT2D eigenvalue weighted by atomic mass is 16.5. The summed E-state index contributed by atoms with van der Waals surface area (Å²) in [6.45, 7) is 9.05. The largest absolute Gasteiger partial charge is 0.390 e. The molecular weight excluding hydrogens is 252 g/mol. The average Bonchev–Trinajstić information content (AvgIpc) is 2.46. The van der Waals surface area contributed by atoms with Gasteiger partial charge in [-0.15, -0.1) is 0 Å². The van der Waals surface area contributed by atoms with Crippen LogP contribution in [0.3, 0.4) is 0 Å². The van der Waals surface area contributed by atoms with E-state index in [0.29, 0.717) is 19.0 Å². The Kier molecular flexibility index (Phi) is 5.83. The zero-order chi connectivity index (χ0) is 14.4. The van der Waals surface area contributed by atoms with Gasteiger partial charge in [-0.3, -0.25) is 4.90 Å². The van der Waals surface area contributed by atoms with Crippen LogP contribution < -0.4 is 5.32 Å². The molecule has 0 radical (unpaired) electrons. The van der Waals surface area contributed by atoms with E-state index in [1.54, 1.807) is 0 Å². The van der Waals surface area contributed by atoms with E-state index in [2.05, 4.69) is 48.3 Å². The lowest BCUT2D eigenvalue weighted by Gasteiger charge is -2.28. The molecular formula is C16H26N2O2. The molecule has 1 unspecified atom stereocenters. The molecule has 0 aliphatic carbocycles. The van der Waals surface area contributed by atoms with Crippen LogP contribution in [0.25, 0.3) is 0 Å². The van der Waals surface area contributed by atoms with Crippen LogP contribution in [0, 0.1) is 0 Å². The number of nitrogens with one attached hydrogen (secondary N) is 1. The van der Waals surface area contributed by atoms with Gasteiger partial charge in [0.15, 0.2) is 0 Å². The number of benzene rings is 1. The molecule has 112 valence electrons. The fourth-order valence-corrected chi connectivity index (χ4v) is 2.37. The maximum Gasteiger partial charge on any atom is 0.0839 e. The van der Waals surface area contributed by atoms with Crippen LogP contribution in [0.4, 0.5) is 5.69 Å². The molecule has 2 rings (SSSR count). The molecule has 1 aliphatic rings. The average molecular weight is 278 g/mol. The number of hydrogen-bond acceptors (Lipinski definition) is 4. The third kappa shape index (κ3) is 4.78. The van der Waals surface area contributed by atoms with Crippen LogP contribution in [-0.2, 0) is 4.74 Å². The van der Waals surface area contributed by atoms with Crippen LogP contribution in [0.2, 0.25) is 0 Å². The minimum absolute atomic E-state index is 0.349. The molecule has 1 saturated heterocycles. The number of ether oxygens (including phenoxy) is 1. The monoisotopic (exact) mass is 278 g/mol. The highest BCUT2D eigenvalue weighted by Crippen LogP contribution is 2.17. The van der Waals surface area contributed by atoms with Crippen molar-refractivity contribution < 1.29 is 9.84 Å². The van der Waals surface area contributed by atoms with Gasteiger partial charge in [0.25, 0.3) is 0 Å². The Balaban J connectivity index is 1.73. The van der Waals surface area contributed by atoms with Crippen molar-refractivity contribution in [2.24, 2.45) is 0 Å². The van der Waals surface area contributed by atoms with Crippen molar-refractivity contribution in [2.75, 3.05) is 44.7 Å². The first-order valence-corrected chi connectivity index (χ1v) is 7.47. The van der Waals surface area contributed by atoms with Crippen molar-refractivity contribution in [2.45, 2.75) is 25.9 Å². The predicted octanol–water partition coefficient (Wildman–Crippen LogP) is 1.92. The molecule has 0 bridgehead atoms. The van der Waals surface area contributed by atoms with Gasteiger partial charge in [0, 0.05) is 31.9 Å². The standard InChI is InChI=1S/C16H26N2O2/c1-13(2)14-3-5-15(6-4-14)17-11-16(19)12-18-7-9-20-10-8-18/h3-6,13,16-17,19H,7-12H2,1-2H3. The summed E-state index contributed by atoms with van der Waals surface area (Å²) in [7, 11) is 0. The molecule has 1 fully saturated rings. The van der Waals surface area contributed by atoms with Gasteiger partial charge in [0.1, 0.15) is 0 Å². The molecule has 1 heterocycles. The summed E-state index contributed by atoms with van der Waals surface area (Å²) in [5.41, 5.74) is 2.40. The van der Waals surface area contributed by atoms with Gasteiger partial charge in [0.05, 0.1) is 19.3 Å². The Morgan fingerprint density at radius 1 is 1.20 bits per heavy atom. The molecule has 1 atom stereocenters. The van der Waals surface area contributed by atoms with E-state index in [1.807, 2.05) is 0 Å². The third-order valence-corrected chi connectivity index (χ3v) is 3.69. The summed E-state index contributed by atoms with van der Waals surface area (Å²) in [6, 6.07) is 8.44.